The van der Waals surface area contributed by atoms with E-state index in [0.29, 0.717) is 29.7 Å². The van der Waals surface area contributed by atoms with E-state index in [2.05, 4.69) is 28.8 Å². The molecule has 1 aromatic heterocycles. The van der Waals surface area contributed by atoms with Crippen LogP contribution in [0.25, 0.3) is 0 Å². The van der Waals surface area contributed by atoms with Gasteiger partial charge in [0.05, 0.1) is 4.21 Å². The van der Waals surface area contributed by atoms with Gasteiger partial charge in [0.25, 0.3) is 5.91 Å². The first-order valence-electron chi connectivity index (χ1n) is 11.9. The van der Waals surface area contributed by atoms with Crippen LogP contribution in [0.2, 0.25) is 0 Å². The molecule has 0 radical (unpaired) electrons. The first-order valence-corrected chi connectivity index (χ1v) is 13.9. The van der Waals surface area contributed by atoms with Gasteiger partial charge < -0.3 is 10.6 Å². The molecule has 1 aliphatic carbocycles. The van der Waals surface area contributed by atoms with E-state index in [1.54, 1.807) is 23.1 Å². The predicted molar refractivity (Wildman–Crippen MR) is 145 cm³/mol. The zero-order chi connectivity index (χ0) is 25.4. The Hall–Kier alpha value is -3.16. The summed E-state index contributed by atoms with van der Waals surface area (Å²) >= 11 is 3.32. The summed E-state index contributed by atoms with van der Waals surface area (Å²) in [6.45, 7) is 3.94. The number of aryl methyl sites for hydroxylation is 1. The highest BCUT2D eigenvalue weighted by molar-refractivity contribution is 8.00. The maximum atomic E-state index is 13.8. The lowest BCUT2D eigenvalue weighted by Gasteiger charge is -2.37. The van der Waals surface area contributed by atoms with Crippen molar-refractivity contribution in [2.75, 3.05) is 11.6 Å². The van der Waals surface area contributed by atoms with Gasteiger partial charge in [0.15, 0.2) is 5.78 Å². The lowest BCUT2D eigenvalue weighted by atomic mass is 9.72. The van der Waals surface area contributed by atoms with Gasteiger partial charge in [-0.15, -0.1) is 23.1 Å². The van der Waals surface area contributed by atoms with Gasteiger partial charge in [-0.1, -0.05) is 30.3 Å². The molecule has 0 saturated heterocycles. The molecule has 2 aromatic carbocycles. The van der Waals surface area contributed by atoms with Crippen molar-refractivity contribution in [1.82, 2.24) is 5.32 Å². The molecule has 0 saturated carbocycles. The van der Waals surface area contributed by atoms with Gasteiger partial charge in [-0.3, -0.25) is 9.59 Å². The number of thiophene rings is 1. The van der Waals surface area contributed by atoms with Gasteiger partial charge >= 0.3 is 0 Å². The second kappa shape index (κ2) is 10.1. The Balaban J connectivity index is 1.58. The number of ketones is 1. The van der Waals surface area contributed by atoms with E-state index in [1.165, 1.54) is 24.3 Å². The van der Waals surface area contributed by atoms with Gasteiger partial charge in [-0.25, -0.2) is 4.39 Å². The summed E-state index contributed by atoms with van der Waals surface area (Å²) in [5, 5.41) is 6.35. The number of amides is 1. The number of hydrogen-bond acceptors (Lipinski definition) is 5. The van der Waals surface area contributed by atoms with Crippen LogP contribution in [-0.4, -0.2) is 17.9 Å². The Morgan fingerprint density at radius 3 is 2.50 bits per heavy atom. The molecular weight excluding hydrogens is 491 g/mol. The summed E-state index contributed by atoms with van der Waals surface area (Å²) in [7, 11) is 0. The number of allylic oxidation sites excluding steroid dienone is 3. The summed E-state index contributed by atoms with van der Waals surface area (Å²) in [5.41, 5.74) is 5.49. The Kier molecular flexibility index (Phi) is 6.86. The maximum Gasteiger partial charge on any atom is 0.254 e. The van der Waals surface area contributed by atoms with E-state index in [4.69, 9.17) is 0 Å². The SMILES string of the molecule is CSc1sc(C)cc1[C@H]1C(C(=O)Nc2ccc(F)cc2)=C(C)NC2=C1C(=O)C[C@H](c1ccccc1)C2. The van der Waals surface area contributed by atoms with Crippen molar-refractivity contribution in [2.24, 2.45) is 0 Å². The minimum atomic E-state index is -0.460. The van der Waals surface area contributed by atoms with Crippen molar-refractivity contribution in [2.45, 2.75) is 42.7 Å². The molecule has 0 fully saturated rings. The Bertz CT molecular complexity index is 1390. The average Bonchev–Trinajstić information content (AvgIpc) is 3.25. The minimum absolute atomic E-state index is 0.0677. The normalized spacial score (nSPS) is 19.7. The number of halogens is 1. The van der Waals surface area contributed by atoms with Crippen molar-refractivity contribution in [1.29, 1.82) is 0 Å². The second-order valence-corrected chi connectivity index (χ2v) is 11.5. The van der Waals surface area contributed by atoms with Gasteiger partial charge in [0.1, 0.15) is 5.82 Å². The molecule has 1 amide bonds. The van der Waals surface area contributed by atoms with Crippen LogP contribution in [0.4, 0.5) is 10.1 Å². The molecule has 1 aliphatic heterocycles. The summed E-state index contributed by atoms with van der Waals surface area (Å²) in [5.74, 6) is -0.958. The average molecular weight is 519 g/mol. The Morgan fingerprint density at radius 1 is 1.08 bits per heavy atom. The lowest BCUT2D eigenvalue weighted by Crippen LogP contribution is -2.37. The van der Waals surface area contributed by atoms with Crippen LogP contribution >= 0.6 is 23.1 Å². The topological polar surface area (TPSA) is 58.2 Å². The highest BCUT2D eigenvalue weighted by Gasteiger charge is 2.42. The van der Waals surface area contributed by atoms with Crippen LogP contribution in [0, 0.1) is 12.7 Å². The molecule has 4 nitrogen and oxygen atoms in total. The lowest BCUT2D eigenvalue weighted by molar-refractivity contribution is -0.116. The summed E-state index contributed by atoms with van der Waals surface area (Å²) < 4.78 is 14.5. The standard InChI is InChI=1S/C29H27FN2O2S2/c1-16-13-22(29(35-3)36-16)26-25(28(34)32-21-11-9-20(30)10-12-21)17(2)31-23-14-19(15-24(33)27(23)26)18-7-5-4-6-8-18/h4-13,19,26,31H,14-15H2,1-3H3,(H,32,34)/t19-,26+/m1/s1. The number of hydrogen-bond donors (Lipinski definition) is 2. The van der Waals surface area contributed by atoms with E-state index in [1.807, 2.05) is 38.3 Å². The largest absolute Gasteiger partial charge is 0.362 e. The van der Waals surface area contributed by atoms with Crippen LogP contribution < -0.4 is 10.6 Å². The molecule has 36 heavy (non-hydrogen) atoms. The van der Waals surface area contributed by atoms with Crippen LogP contribution in [0.15, 0.2) is 87.4 Å². The highest BCUT2D eigenvalue weighted by atomic mass is 32.2. The molecule has 2 atom stereocenters. The summed E-state index contributed by atoms with van der Waals surface area (Å²) in [6.07, 6.45) is 3.14. The van der Waals surface area contributed by atoms with Gasteiger partial charge in [-0.05, 0) is 73.9 Å². The fourth-order valence-electron chi connectivity index (χ4n) is 5.22. The number of nitrogens with one attached hydrogen (secondary N) is 2. The summed E-state index contributed by atoms with van der Waals surface area (Å²) in [6, 6.07) is 17.9. The molecule has 0 spiro atoms. The molecule has 184 valence electrons. The summed E-state index contributed by atoms with van der Waals surface area (Å²) in [4.78, 5) is 28.6. The number of Topliss-reactive ketones (excluding diaryl/α,β-unsaturated/α-hetero) is 1. The third-order valence-corrected chi connectivity index (χ3v) is 9.01. The quantitative estimate of drug-likeness (QED) is 0.360. The van der Waals surface area contributed by atoms with Crippen molar-refractivity contribution in [3.05, 3.63) is 105 Å². The number of dihydropyridines is 1. The molecule has 3 aromatic rings. The number of carbonyl (C=O) groups is 2. The zero-order valence-electron chi connectivity index (χ0n) is 20.4. The number of anilines is 1. The molecule has 0 unspecified atom stereocenters. The van der Waals surface area contributed by atoms with Crippen molar-refractivity contribution in [3.8, 4) is 0 Å². The van der Waals surface area contributed by atoms with Crippen molar-refractivity contribution in [3.63, 3.8) is 0 Å². The molecule has 5 rings (SSSR count). The number of rotatable bonds is 5. The van der Waals surface area contributed by atoms with E-state index < -0.39 is 5.92 Å². The van der Waals surface area contributed by atoms with Crippen LogP contribution in [0.5, 0.6) is 0 Å². The minimum Gasteiger partial charge on any atom is -0.362 e. The van der Waals surface area contributed by atoms with E-state index in [-0.39, 0.29) is 23.4 Å². The zero-order valence-corrected chi connectivity index (χ0v) is 22.0. The van der Waals surface area contributed by atoms with E-state index in [9.17, 15) is 14.0 Å². The third-order valence-electron chi connectivity index (χ3n) is 6.79. The number of thioether (sulfide) groups is 1. The second-order valence-electron chi connectivity index (χ2n) is 9.19. The molecule has 7 heteroatoms. The monoisotopic (exact) mass is 518 g/mol. The Morgan fingerprint density at radius 2 is 1.81 bits per heavy atom. The van der Waals surface area contributed by atoms with Crippen LogP contribution in [0.1, 0.15) is 47.6 Å². The van der Waals surface area contributed by atoms with Crippen LogP contribution in [0.3, 0.4) is 0 Å². The molecule has 2 N–H and O–H groups in total. The molecular formula is C29H27FN2O2S2. The third kappa shape index (κ3) is 4.65. The van der Waals surface area contributed by atoms with Crippen molar-refractivity contribution >= 4 is 40.5 Å². The smallest absolute Gasteiger partial charge is 0.254 e. The predicted octanol–water partition coefficient (Wildman–Crippen LogP) is 6.92. The Labute approximate surface area is 218 Å². The highest BCUT2D eigenvalue weighted by Crippen LogP contribution is 2.49. The number of benzene rings is 2. The van der Waals surface area contributed by atoms with Crippen LogP contribution in [-0.2, 0) is 9.59 Å². The van der Waals surface area contributed by atoms with Gasteiger partial charge in [0, 0.05) is 45.4 Å². The molecule has 0 bridgehead atoms. The van der Waals surface area contributed by atoms with E-state index in [0.717, 1.165) is 31.6 Å². The fourth-order valence-corrected chi connectivity index (χ4v) is 7.13. The van der Waals surface area contributed by atoms with Gasteiger partial charge in [0.2, 0.25) is 0 Å². The fraction of sp³-hybridized carbons (Fsp3) is 0.241. The first-order chi connectivity index (χ1) is 17.4. The molecule has 2 aliphatic rings. The number of carbonyl (C=O) groups excluding carboxylic acids is 2. The van der Waals surface area contributed by atoms with Gasteiger partial charge in [-0.2, -0.15) is 0 Å². The van der Waals surface area contributed by atoms with Crippen molar-refractivity contribution < 1.29 is 14.0 Å². The molecule has 2 heterocycles. The van der Waals surface area contributed by atoms with E-state index >= 15 is 0 Å². The maximum absolute atomic E-state index is 13.8. The first kappa shape index (κ1) is 24.5.